The quantitative estimate of drug-likeness (QED) is 0.649. The van der Waals surface area contributed by atoms with Gasteiger partial charge in [-0.3, -0.25) is 0 Å². The van der Waals surface area contributed by atoms with E-state index in [-0.39, 0.29) is 5.82 Å². The van der Waals surface area contributed by atoms with E-state index >= 15 is 0 Å². The van der Waals surface area contributed by atoms with Crippen molar-refractivity contribution in [2.45, 2.75) is 17.6 Å². The van der Waals surface area contributed by atoms with Crippen LogP contribution in [0.5, 0.6) is 0 Å². The fraction of sp³-hybridized carbons (Fsp3) is 0.167. The Labute approximate surface area is 122 Å². The number of halogens is 2. The molecule has 18 heavy (non-hydrogen) atoms. The Balaban J connectivity index is 2.17. The number of thioether (sulfide) groups is 1. The van der Waals surface area contributed by atoms with Crippen LogP contribution in [-0.4, -0.2) is 9.97 Å². The Hall–Kier alpha value is -0.720. The average molecular weight is 345 g/mol. The second kappa shape index (κ2) is 5.95. The Morgan fingerprint density at radius 1 is 1.44 bits per heavy atom. The zero-order valence-corrected chi connectivity index (χ0v) is 12.8. The largest absolute Gasteiger partial charge is 0.346 e. The van der Waals surface area contributed by atoms with Gasteiger partial charge in [-0.2, -0.15) is 0 Å². The van der Waals surface area contributed by atoms with E-state index in [1.807, 2.05) is 13.0 Å². The highest BCUT2D eigenvalue weighted by Gasteiger charge is 2.05. The molecule has 0 bridgehead atoms. The molecule has 0 spiro atoms. The lowest BCUT2D eigenvalue weighted by atomic mass is 10.3. The highest BCUT2D eigenvalue weighted by Crippen LogP contribution is 2.24. The monoisotopic (exact) mass is 344 g/mol. The summed E-state index contributed by atoms with van der Waals surface area (Å²) >= 11 is 9.87. The molecule has 0 aliphatic carbocycles. The van der Waals surface area contributed by atoms with Gasteiger partial charge in [0.25, 0.3) is 0 Å². The van der Waals surface area contributed by atoms with Gasteiger partial charge in [0.05, 0.1) is 10.2 Å². The topological polar surface area (TPSA) is 28.7 Å². The van der Waals surface area contributed by atoms with E-state index in [1.165, 1.54) is 17.8 Å². The third-order valence-electron chi connectivity index (χ3n) is 2.29. The Kier molecular flexibility index (Phi) is 4.53. The molecule has 0 atom stereocenters. The van der Waals surface area contributed by atoms with Crippen LogP contribution in [0.15, 0.2) is 33.6 Å². The van der Waals surface area contributed by atoms with Gasteiger partial charge in [0.1, 0.15) is 16.3 Å². The van der Waals surface area contributed by atoms with Crippen molar-refractivity contribution in [1.82, 2.24) is 9.97 Å². The molecule has 0 fully saturated rings. The summed E-state index contributed by atoms with van der Waals surface area (Å²) in [5.41, 5.74) is 0.930. The molecule has 2 rings (SSSR count). The minimum absolute atomic E-state index is 0.213. The number of hydrogen-bond acceptors (Lipinski definition) is 3. The molecule has 2 aromatic rings. The zero-order valence-electron chi connectivity index (χ0n) is 9.54. The summed E-state index contributed by atoms with van der Waals surface area (Å²) in [5.74, 6) is 1.09. The van der Waals surface area contributed by atoms with Crippen LogP contribution in [0.1, 0.15) is 11.5 Å². The van der Waals surface area contributed by atoms with Gasteiger partial charge in [-0.1, -0.05) is 24.4 Å². The van der Waals surface area contributed by atoms with Crippen molar-refractivity contribution >= 4 is 39.9 Å². The van der Waals surface area contributed by atoms with Gasteiger partial charge in [-0.15, -0.1) is 11.8 Å². The first-order valence-electron chi connectivity index (χ1n) is 5.20. The fourth-order valence-electron chi connectivity index (χ4n) is 1.41. The van der Waals surface area contributed by atoms with Crippen molar-refractivity contribution < 1.29 is 4.39 Å². The minimum Gasteiger partial charge on any atom is -0.346 e. The lowest BCUT2D eigenvalue weighted by molar-refractivity contribution is 0.602. The Bertz CT molecular complexity index is 628. The van der Waals surface area contributed by atoms with Crippen molar-refractivity contribution in [1.29, 1.82) is 0 Å². The van der Waals surface area contributed by atoms with Crippen LogP contribution in [0.25, 0.3) is 0 Å². The van der Waals surface area contributed by atoms with Gasteiger partial charge in [0.2, 0.25) is 0 Å². The highest BCUT2D eigenvalue weighted by atomic mass is 79.9. The lowest BCUT2D eigenvalue weighted by Crippen LogP contribution is -1.97. The fourth-order valence-corrected chi connectivity index (χ4v) is 2.67. The average Bonchev–Trinajstić information content (AvgIpc) is 2.35. The molecule has 0 amide bonds. The summed E-state index contributed by atoms with van der Waals surface area (Å²) < 4.78 is 14.8. The molecule has 94 valence electrons. The smallest absolute Gasteiger partial charge is 0.144 e. The number of benzene rings is 1. The number of aromatic nitrogens is 2. The maximum Gasteiger partial charge on any atom is 0.144 e. The first-order valence-corrected chi connectivity index (χ1v) is 7.39. The van der Waals surface area contributed by atoms with Crippen molar-refractivity contribution in [3.63, 3.8) is 0 Å². The van der Waals surface area contributed by atoms with Crippen molar-refractivity contribution in [2.24, 2.45) is 0 Å². The highest BCUT2D eigenvalue weighted by molar-refractivity contribution is 9.10. The van der Waals surface area contributed by atoms with Crippen LogP contribution in [0, 0.1) is 17.4 Å². The third-order valence-corrected chi connectivity index (χ3v) is 4.87. The molecule has 1 aromatic carbocycles. The van der Waals surface area contributed by atoms with E-state index in [0.717, 1.165) is 16.0 Å². The van der Waals surface area contributed by atoms with Crippen LogP contribution in [-0.2, 0) is 5.75 Å². The molecular weight excluding hydrogens is 335 g/mol. The SMILES string of the molecule is Cc1[nH]c(CSc2ccccc2F)nc(=S)c1Br. The number of nitrogens with zero attached hydrogens (tertiary/aromatic N) is 1. The zero-order chi connectivity index (χ0) is 13.1. The first kappa shape index (κ1) is 13.7. The van der Waals surface area contributed by atoms with E-state index in [0.29, 0.717) is 15.3 Å². The molecule has 0 radical (unpaired) electrons. The van der Waals surface area contributed by atoms with E-state index in [2.05, 4.69) is 25.9 Å². The number of nitrogens with one attached hydrogen (secondary N) is 1. The number of aromatic amines is 1. The summed E-state index contributed by atoms with van der Waals surface area (Å²) in [7, 11) is 0. The molecule has 0 unspecified atom stereocenters. The molecule has 0 aliphatic heterocycles. The molecule has 2 nitrogen and oxygen atoms in total. The lowest BCUT2D eigenvalue weighted by Gasteiger charge is -2.05. The molecule has 6 heteroatoms. The van der Waals surface area contributed by atoms with Crippen LogP contribution >= 0.6 is 39.9 Å². The molecule has 0 aliphatic rings. The van der Waals surface area contributed by atoms with Crippen LogP contribution in [0.2, 0.25) is 0 Å². The Morgan fingerprint density at radius 3 is 2.83 bits per heavy atom. The van der Waals surface area contributed by atoms with Crippen LogP contribution < -0.4 is 0 Å². The maximum absolute atomic E-state index is 13.4. The molecular formula is C12H10BrFN2S2. The van der Waals surface area contributed by atoms with Gasteiger partial charge in [0, 0.05) is 10.6 Å². The van der Waals surface area contributed by atoms with E-state index in [4.69, 9.17) is 12.2 Å². The van der Waals surface area contributed by atoms with Crippen LogP contribution in [0.4, 0.5) is 4.39 Å². The second-order valence-corrected chi connectivity index (χ2v) is 5.84. The van der Waals surface area contributed by atoms with Crippen molar-refractivity contribution in [3.05, 3.63) is 50.7 Å². The summed E-state index contributed by atoms with van der Waals surface area (Å²) in [4.78, 5) is 8.00. The molecule has 1 aromatic heterocycles. The van der Waals surface area contributed by atoms with E-state index in [9.17, 15) is 4.39 Å². The molecule has 1 heterocycles. The molecule has 0 saturated heterocycles. The van der Waals surface area contributed by atoms with Crippen LogP contribution in [0.3, 0.4) is 0 Å². The van der Waals surface area contributed by atoms with Gasteiger partial charge in [-0.25, -0.2) is 9.37 Å². The minimum atomic E-state index is -0.213. The number of H-pyrrole nitrogens is 1. The van der Waals surface area contributed by atoms with Crippen molar-refractivity contribution in [3.8, 4) is 0 Å². The maximum atomic E-state index is 13.4. The molecule has 1 N–H and O–H groups in total. The third kappa shape index (κ3) is 3.18. The first-order chi connectivity index (χ1) is 8.58. The van der Waals surface area contributed by atoms with Gasteiger partial charge < -0.3 is 4.98 Å². The summed E-state index contributed by atoms with van der Waals surface area (Å²) in [6, 6.07) is 6.69. The number of hydrogen-bond donors (Lipinski definition) is 1. The second-order valence-electron chi connectivity index (χ2n) is 3.65. The summed E-state index contributed by atoms with van der Waals surface area (Å²) in [6.45, 7) is 1.92. The summed E-state index contributed by atoms with van der Waals surface area (Å²) in [6.07, 6.45) is 0. The normalized spacial score (nSPS) is 10.6. The standard InChI is InChI=1S/C12H10BrFN2S2/c1-7-11(13)12(17)16-10(15-7)6-18-9-5-3-2-4-8(9)14/h2-5H,6H2,1H3,(H,15,16,17). The van der Waals surface area contributed by atoms with E-state index < -0.39 is 0 Å². The Morgan fingerprint density at radius 2 is 2.17 bits per heavy atom. The van der Waals surface area contributed by atoms with Crippen molar-refractivity contribution in [2.75, 3.05) is 0 Å². The number of rotatable bonds is 3. The number of aryl methyl sites for hydroxylation is 1. The predicted octanol–water partition coefficient (Wildman–Crippen LogP) is 4.64. The summed E-state index contributed by atoms with van der Waals surface area (Å²) in [5, 5.41) is 0. The molecule has 0 saturated carbocycles. The van der Waals surface area contributed by atoms with Gasteiger partial charge in [0.15, 0.2) is 0 Å². The van der Waals surface area contributed by atoms with Gasteiger partial charge in [-0.05, 0) is 35.0 Å². The van der Waals surface area contributed by atoms with Gasteiger partial charge >= 0.3 is 0 Å². The predicted molar refractivity (Wildman–Crippen MR) is 77.8 cm³/mol. The van der Waals surface area contributed by atoms with E-state index in [1.54, 1.807) is 12.1 Å².